The molecule has 1 unspecified atom stereocenters. The smallest absolute Gasteiger partial charge is 0.0750 e. The lowest BCUT2D eigenvalue weighted by molar-refractivity contribution is 0.551. The van der Waals surface area contributed by atoms with Crippen LogP contribution in [0.4, 0.5) is 0 Å². The van der Waals surface area contributed by atoms with E-state index in [-0.39, 0.29) is 6.04 Å². The van der Waals surface area contributed by atoms with Gasteiger partial charge in [-0.2, -0.15) is 0 Å². The quantitative estimate of drug-likeness (QED) is 0.729. The third-order valence-electron chi connectivity index (χ3n) is 2.86. The summed E-state index contributed by atoms with van der Waals surface area (Å²) in [4.78, 5) is 4.15. The molecule has 1 N–H and O–H groups in total. The van der Waals surface area contributed by atoms with Gasteiger partial charge in [-0.25, -0.2) is 0 Å². The molecule has 0 spiro atoms. The lowest BCUT2D eigenvalue weighted by Crippen LogP contribution is -2.28. The van der Waals surface area contributed by atoms with E-state index in [1.807, 2.05) is 6.07 Å². The lowest BCUT2D eigenvalue weighted by atomic mass is 9.96. The Hall–Kier alpha value is -1.41. The number of hydrogen-bond acceptors (Lipinski definition) is 2. The Kier molecular flexibility index (Phi) is 2.97. The monoisotopic (exact) mass is 200 g/mol. The second-order valence-electron chi connectivity index (χ2n) is 3.87. The van der Waals surface area contributed by atoms with E-state index in [0.29, 0.717) is 0 Å². The molecule has 0 amide bonds. The van der Waals surface area contributed by atoms with Gasteiger partial charge in [0.1, 0.15) is 0 Å². The molecule has 0 saturated carbocycles. The van der Waals surface area contributed by atoms with E-state index in [4.69, 9.17) is 0 Å². The molecular weight excluding hydrogens is 184 g/mol. The Labute approximate surface area is 90.7 Å². The fourth-order valence-corrected chi connectivity index (χ4v) is 2.02. The number of aliphatic imine (C=N–C) groups is 1. The van der Waals surface area contributed by atoms with Crippen LogP contribution in [0.5, 0.6) is 0 Å². The molecule has 0 bridgehead atoms. The van der Waals surface area contributed by atoms with Crippen molar-refractivity contribution in [3.63, 3.8) is 0 Å². The molecule has 1 aromatic rings. The minimum Gasteiger partial charge on any atom is -0.305 e. The predicted molar refractivity (Wildman–Crippen MR) is 64.1 cm³/mol. The van der Waals surface area contributed by atoms with E-state index in [9.17, 15) is 0 Å². The van der Waals surface area contributed by atoms with Crippen LogP contribution in [0.1, 0.15) is 24.9 Å². The number of nitrogens with one attached hydrogen (secondary N) is 1. The van der Waals surface area contributed by atoms with Gasteiger partial charge < -0.3 is 5.32 Å². The maximum Gasteiger partial charge on any atom is 0.0750 e. The maximum atomic E-state index is 4.15. The number of rotatable bonds is 2. The molecular formula is C13H16N2. The Morgan fingerprint density at radius 2 is 2.07 bits per heavy atom. The van der Waals surface area contributed by atoms with E-state index in [0.717, 1.165) is 18.7 Å². The number of benzene rings is 1. The Bertz CT molecular complexity index is 379. The molecule has 1 aliphatic rings. The van der Waals surface area contributed by atoms with Gasteiger partial charge in [-0.15, -0.1) is 0 Å². The second-order valence-corrected chi connectivity index (χ2v) is 3.87. The van der Waals surface area contributed by atoms with Gasteiger partial charge in [0.2, 0.25) is 0 Å². The van der Waals surface area contributed by atoms with Crippen LogP contribution < -0.4 is 5.32 Å². The molecule has 0 fully saturated rings. The summed E-state index contributed by atoms with van der Waals surface area (Å²) in [5.41, 5.74) is 3.70. The van der Waals surface area contributed by atoms with Crippen molar-refractivity contribution in [2.24, 2.45) is 4.99 Å². The summed E-state index contributed by atoms with van der Waals surface area (Å²) in [6.45, 7) is 6.82. The summed E-state index contributed by atoms with van der Waals surface area (Å²) in [5, 5.41) is 3.48. The second kappa shape index (κ2) is 4.41. The van der Waals surface area contributed by atoms with E-state index in [1.165, 1.54) is 11.1 Å². The van der Waals surface area contributed by atoms with Gasteiger partial charge in [-0.1, -0.05) is 30.3 Å². The summed E-state index contributed by atoms with van der Waals surface area (Å²) < 4.78 is 0. The van der Waals surface area contributed by atoms with Crippen molar-refractivity contribution in [1.82, 2.24) is 5.32 Å². The van der Waals surface area contributed by atoms with Crippen LogP contribution >= 0.6 is 0 Å². The first-order valence-corrected chi connectivity index (χ1v) is 5.27. The van der Waals surface area contributed by atoms with Crippen molar-refractivity contribution in [2.45, 2.75) is 19.4 Å². The summed E-state index contributed by atoms with van der Waals surface area (Å²) in [7, 11) is 0. The molecule has 2 heteroatoms. The van der Waals surface area contributed by atoms with Crippen LogP contribution in [-0.4, -0.2) is 13.3 Å². The van der Waals surface area contributed by atoms with Gasteiger partial charge in [0.05, 0.1) is 11.7 Å². The SMILES string of the molecule is C=NC1=C(C)CCNC1c1ccccc1. The van der Waals surface area contributed by atoms with Gasteiger partial charge in [0, 0.05) is 0 Å². The third-order valence-corrected chi connectivity index (χ3v) is 2.86. The van der Waals surface area contributed by atoms with Crippen molar-refractivity contribution in [2.75, 3.05) is 6.54 Å². The third kappa shape index (κ3) is 2.00. The van der Waals surface area contributed by atoms with E-state index >= 15 is 0 Å². The Morgan fingerprint density at radius 3 is 2.73 bits per heavy atom. The summed E-state index contributed by atoms with van der Waals surface area (Å²) in [5.74, 6) is 0. The van der Waals surface area contributed by atoms with E-state index in [1.54, 1.807) is 0 Å². The van der Waals surface area contributed by atoms with Crippen molar-refractivity contribution in [3.8, 4) is 0 Å². The van der Waals surface area contributed by atoms with Crippen LogP contribution in [-0.2, 0) is 0 Å². The Morgan fingerprint density at radius 1 is 1.33 bits per heavy atom. The molecule has 0 aliphatic carbocycles. The lowest BCUT2D eigenvalue weighted by Gasteiger charge is -2.26. The van der Waals surface area contributed by atoms with Gasteiger partial charge >= 0.3 is 0 Å². The van der Waals surface area contributed by atoms with Crippen LogP contribution in [0.25, 0.3) is 0 Å². The minimum absolute atomic E-state index is 0.220. The minimum atomic E-state index is 0.220. The molecule has 1 atom stereocenters. The molecule has 1 heterocycles. The molecule has 0 aromatic heterocycles. The maximum absolute atomic E-state index is 4.15. The van der Waals surface area contributed by atoms with Crippen LogP contribution in [0, 0.1) is 0 Å². The van der Waals surface area contributed by atoms with Gasteiger partial charge in [-0.3, -0.25) is 4.99 Å². The molecule has 0 radical (unpaired) electrons. The highest BCUT2D eigenvalue weighted by Gasteiger charge is 2.20. The Balaban J connectivity index is 2.37. The first kappa shape index (κ1) is 10.1. The molecule has 2 nitrogen and oxygen atoms in total. The summed E-state index contributed by atoms with van der Waals surface area (Å²) in [6.07, 6.45) is 1.07. The van der Waals surface area contributed by atoms with Gasteiger partial charge in [0.25, 0.3) is 0 Å². The molecule has 1 aromatic carbocycles. The highest BCUT2D eigenvalue weighted by molar-refractivity contribution is 5.38. The van der Waals surface area contributed by atoms with Crippen molar-refractivity contribution in [3.05, 3.63) is 47.2 Å². The molecule has 2 rings (SSSR count). The van der Waals surface area contributed by atoms with Gasteiger partial charge in [0.15, 0.2) is 0 Å². The standard InChI is InChI=1S/C13H16N2/c1-10-8-9-15-13(12(10)14-2)11-6-4-3-5-7-11/h3-7,13,15H,2,8-9H2,1H3. The van der Waals surface area contributed by atoms with Gasteiger partial charge in [-0.05, 0) is 37.7 Å². The highest BCUT2D eigenvalue weighted by Crippen LogP contribution is 2.29. The van der Waals surface area contributed by atoms with E-state index in [2.05, 4.69) is 48.2 Å². The van der Waals surface area contributed by atoms with Crippen LogP contribution in [0.2, 0.25) is 0 Å². The molecule has 0 saturated heterocycles. The largest absolute Gasteiger partial charge is 0.305 e. The fraction of sp³-hybridized carbons (Fsp3) is 0.308. The first-order chi connectivity index (χ1) is 7.33. The van der Waals surface area contributed by atoms with Crippen molar-refractivity contribution < 1.29 is 0 Å². The van der Waals surface area contributed by atoms with E-state index < -0.39 is 0 Å². The zero-order valence-corrected chi connectivity index (χ0v) is 9.03. The normalized spacial score (nSPS) is 21.5. The molecule has 1 aliphatic heterocycles. The highest BCUT2D eigenvalue weighted by atomic mass is 15.0. The average Bonchev–Trinajstić information content (AvgIpc) is 2.30. The topological polar surface area (TPSA) is 24.4 Å². The summed E-state index contributed by atoms with van der Waals surface area (Å²) >= 11 is 0. The van der Waals surface area contributed by atoms with Crippen molar-refractivity contribution in [1.29, 1.82) is 0 Å². The first-order valence-electron chi connectivity index (χ1n) is 5.27. The zero-order valence-electron chi connectivity index (χ0n) is 9.03. The molecule has 78 valence electrons. The number of nitrogens with zero attached hydrogens (tertiary/aromatic N) is 1. The average molecular weight is 200 g/mol. The summed E-state index contributed by atoms with van der Waals surface area (Å²) in [6, 6.07) is 10.6. The van der Waals surface area contributed by atoms with Crippen LogP contribution in [0.3, 0.4) is 0 Å². The van der Waals surface area contributed by atoms with Crippen molar-refractivity contribution >= 4 is 6.72 Å². The molecule has 15 heavy (non-hydrogen) atoms. The van der Waals surface area contributed by atoms with Crippen LogP contribution in [0.15, 0.2) is 46.6 Å². The zero-order chi connectivity index (χ0) is 10.7. The predicted octanol–water partition coefficient (Wildman–Crippen LogP) is 2.70. The number of hydrogen-bond donors (Lipinski definition) is 1. The fourth-order valence-electron chi connectivity index (χ4n) is 2.02.